The van der Waals surface area contributed by atoms with Crippen LogP contribution in [0.1, 0.15) is 22.4 Å². The summed E-state index contributed by atoms with van der Waals surface area (Å²) in [5.41, 5.74) is 2.81. The van der Waals surface area contributed by atoms with E-state index >= 15 is 0 Å². The molecule has 1 aromatic heterocycles. The van der Waals surface area contributed by atoms with Gasteiger partial charge in [-0.05, 0) is 55.0 Å². The van der Waals surface area contributed by atoms with E-state index in [9.17, 15) is 14.0 Å². The van der Waals surface area contributed by atoms with Crippen LogP contribution < -0.4 is 10.6 Å². The summed E-state index contributed by atoms with van der Waals surface area (Å²) in [7, 11) is 0. The summed E-state index contributed by atoms with van der Waals surface area (Å²) in [6.45, 7) is 1.83. The fourth-order valence-corrected chi connectivity index (χ4v) is 3.24. The lowest BCUT2D eigenvalue weighted by Crippen LogP contribution is -2.17. The van der Waals surface area contributed by atoms with E-state index in [1.807, 2.05) is 13.0 Å². The summed E-state index contributed by atoms with van der Waals surface area (Å²) in [5.74, 6) is -1.31. The van der Waals surface area contributed by atoms with Crippen molar-refractivity contribution >= 4 is 34.8 Å². The van der Waals surface area contributed by atoms with E-state index in [0.29, 0.717) is 22.6 Å². The molecule has 2 amide bonds. The molecule has 0 saturated carbocycles. The zero-order chi connectivity index (χ0) is 22.4. The van der Waals surface area contributed by atoms with Crippen molar-refractivity contribution in [2.75, 3.05) is 10.6 Å². The van der Waals surface area contributed by atoms with Crippen LogP contribution in [-0.2, 0) is 22.4 Å². The molecule has 8 heteroatoms. The Morgan fingerprint density at radius 2 is 1.81 bits per heavy atom. The number of nitrogens with one attached hydrogen (secondary N) is 2. The van der Waals surface area contributed by atoms with Crippen molar-refractivity contribution < 1.29 is 14.0 Å². The third-order valence-corrected chi connectivity index (χ3v) is 4.69. The molecule has 3 rings (SSSR count). The van der Waals surface area contributed by atoms with Gasteiger partial charge in [-0.25, -0.2) is 4.39 Å². The van der Waals surface area contributed by atoms with Crippen molar-refractivity contribution in [2.45, 2.75) is 19.8 Å². The highest BCUT2D eigenvalue weighted by Gasteiger charge is 2.13. The molecule has 2 aromatic carbocycles. The third kappa shape index (κ3) is 6.11. The first kappa shape index (κ1) is 21.9. The van der Waals surface area contributed by atoms with Crippen molar-refractivity contribution in [3.05, 3.63) is 88.0 Å². The van der Waals surface area contributed by atoms with Gasteiger partial charge in [0.25, 0.3) is 0 Å². The second-order valence-corrected chi connectivity index (χ2v) is 7.29. The molecule has 0 atom stereocenters. The van der Waals surface area contributed by atoms with E-state index < -0.39 is 11.7 Å². The number of hydrogen-bond acceptors (Lipinski definition) is 4. The lowest BCUT2D eigenvalue weighted by atomic mass is 10.1. The molecule has 0 aliphatic rings. The van der Waals surface area contributed by atoms with Crippen LogP contribution >= 0.6 is 11.6 Å². The molecule has 156 valence electrons. The standard InChI is InChI=1S/C23H18ClFN4O2/c1-14-7-15(13-26)9-18(8-14)29-22(30)11-17-10-16(5-6-27-17)28-23(31)12-19-20(24)3-2-4-21(19)25/h2-10H,11-12H2,1H3,(H,29,30)(H,27,28,31). The Hall–Kier alpha value is -3.76. The van der Waals surface area contributed by atoms with Gasteiger partial charge in [-0.1, -0.05) is 17.7 Å². The third-order valence-electron chi connectivity index (χ3n) is 4.33. The molecule has 3 aromatic rings. The van der Waals surface area contributed by atoms with E-state index in [0.717, 1.165) is 5.56 Å². The topological polar surface area (TPSA) is 94.9 Å². The van der Waals surface area contributed by atoms with Crippen LogP contribution in [-0.4, -0.2) is 16.8 Å². The molecule has 0 saturated heterocycles. The number of amides is 2. The van der Waals surface area contributed by atoms with Gasteiger partial charge >= 0.3 is 0 Å². The largest absolute Gasteiger partial charge is 0.326 e. The molecule has 1 heterocycles. The van der Waals surface area contributed by atoms with Gasteiger partial charge in [0, 0.05) is 28.2 Å². The zero-order valence-corrected chi connectivity index (χ0v) is 17.3. The van der Waals surface area contributed by atoms with Crippen LogP contribution in [0.2, 0.25) is 5.02 Å². The summed E-state index contributed by atoms with van der Waals surface area (Å²) < 4.78 is 13.9. The number of aromatic nitrogens is 1. The number of rotatable bonds is 6. The maximum Gasteiger partial charge on any atom is 0.230 e. The second kappa shape index (κ2) is 9.83. The molecule has 0 bridgehead atoms. The normalized spacial score (nSPS) is 10.3. The van der Waals surface area contributed by atoms with E-state index in [2.05, 4.69) is 15.6 Å². The lowest BCUT2D eigenvalue weighted by molar-refractivity contribution is -0.116. The number of benzene rings is 2. The van der Waals surface area contributed by atoms with Crippen molar-refractivity contribution in [3.63, 3.8) is 0 Å². The van der Waals surface area contributed by atoms with E-state index in [1.165, 1.54) is 24.4 Å². The average Bonchev–Trinajstić information content (AvgIpc) is 2.70. The summed E-state index contributed by atoms with van der Waals surface area (Å²) in [5, 5.41) is 14.6. The zero-order valence-electron chi connectivity index (χ0n) is 16.6. The van der Waals surface area contributed by atoms with Gasteiger partial charge in [-0.2, -0.15) is 5.26 Å². The lowest BCUT2D eigenvalue weighted by Gasteiger charge is -2.09. The molecule has 0 aliphatic carbocycles. The minimum Gasteiger partial charge on any atom is -0.326 e. The van der Waals surface area contributed by atoms with Crippen molar-refractivity contribution in [1.29, 1.82) is 5.26 Å². The van der Waals surface area contributed by atoms with Crippen LogP contribution in [0.15, 0.2) is 54.7 Å². The number of nitrogens with zero attached hydrogens (tertiary/aromatic N) is 2. The SMILES string of the molecule is Cc1cc(C#N)cc(NC(=O)Cc2cc(NC(=O)Cc3c(F)cccc3Cl)ccn2)c1. The number of aryl methyl sites for hydroxylation is 1. The molecule has 0 radical (unpaired) electrons. The highest BCUT2D eigenvalue weighted by molar-refractivity contribution is 6.31. The Balaban J connectivity index is 1.63. The highest BCUT2D eigenvalue weighted by Crippen LogP contribution is 2.20. The van der Waals surface area contributed by atoms with Crippen LogP contribution in [0.5, 0.6) is 0 Å². The molecular formula is C23H18ClFN4O2. The van der Waals surface area contributed by atoms with Gasteiger partial charge in [0.2, 0.25) is 11.8 Å². The van der Waals surface area contributed by atoms with E-state index in [4.69, 9.17) is 16.9 Å². The maximum absolute atomic E-state index is 13.9. The van der Waals surface area contributed by atoms with Crippen molar-refractivity contribution in [2.24, 2.45) is 0 Å². The highest BCUT2D eigenvalue weighted by atomic mass is 35.5. The van der Waals surface area contributed by atoms with E-state index in [-0.39, 0.29) is 29.3 Å². The monoisotopic (exact) mass is 436 g/mol. The Labute approximate surface area is 183 Å². The fourth-order valence-electron chi connectivity index (χ4n) is 3.01. The summed E-state index contributed by atoms with van der Waals surface area (Å²) in [6, 6.07) is 14.5. The van der Waals surface area contributed by atoms with Gasteiger partial charge in [0.05, 0.1) is 30.2 Å². The van der Waals surface area contributed by atoms with Crippen LogP contribution in [0.25, 0.3) is 0 Å². The molecule has 0 spiro atoms. The minimum absolute atomic E-state index is 0.0291. The molecule has 6 nitrogen and oxygen atoms in total. The number of carbonyl (C=O) groups is 2. The summed E-state index contributed by atoms with van der Waals surface area (Å²) in [6.07, 6.45) is 1.21. The first-order chi connectivity index (χ1) is 14.8. The Kier molecular flexibility index (Phi) is 6.96. The maximum atomic E-state index is 13.9. The van der Waals surface area contributed by atoms with Gasteiger partial charge in [0.1, 0.15) is 5.82 Å². The first-order valence-electron chi connectivity index (χ1n) is 9.33. The van der Waals surface area contributed by atoms with Gasteiger partial charge in [-0.15, -0.1) is 0 Å². The Morgan fingerprint density at radius 1 is 1.06 bits per heavy atom. The van der Waals surface area contributed by atoms with Crippen LogP contribution in [0, 0.1) is 24.1 Å². The molecule has 0 aliphatic heterocycles. The van der Waals surface area contributed by atoms with Gasteiger partial charge in [-0.3, -0.25) is 14.6 Å². The number of carbonyl (C=O) groups excluding carboxylic acids is 2. The quantitative estimate of drug-likeness (QED) is 0.598. The smallest absolute Gasteiger partial charge is 0.230 e. The fraction of sp³-hybridized carbons (Fsp3) is 0.130. The number of nitriles is 1. The number of anilines is 2. The van der Waals surface area contributed by atoms with Crippen molar-refractivity contribution in [1.82, 2.24) is 4.98 Å². The minimum atomic E-state index is -0.551. The van der Waals surface area contributed by atoms with Gasteiger partial charge < -0.3 is 10.6 Å². The molecular weight excluding hydrogens is 419 g/mol. The number of halogens is 2. The first-order valence-corrected chi connectivity index (χ1v) is 9.71. The Morgan fingerprint density at radius 3 is 2.55 bits per heavy atom. The number of hydrogen-bond donors (Lipinski definition) is 2. The summed E-state index contributed by atoms with van der Waals surface area (Å²) in [4.78, 5) is 28.8. The van der Waals surface area contributed by atoms with Gasteiger partial charge in [0.15, 0.2) is 0 Å². The molecule has 0 unspecified atom stereocenters. The van der Waals surface area contributed by atoms with Crippen molar-refractivity contribution in [3.8, 4) is 6.07 Å². The number of pyridine rings is 1. The van der Waals surface area contributed by atoms with Crippen LogP contribution in [0.4, 0.5) is 15.8 Å². The average molecular weight is 437 g/mol. The molecule has 2 N–H and O–H groups in total. The predicted octanol–water partition coefficient (Wildman–Crippen LogP) is 4.42. The summed E-state index contributed by atoms with van der Waals surface area (Å²) >= 11 is 5.96. The Bertz CT molecular complexity index is 1170. The van der Waals surface area contributed by atoms with Crippen LogP contribution in [0.3, 0.4) is 0 Å². The predicted molar refractivity (Wildman–Crippen MR) is 116 cm³/mol. The molecule has 31 heavy (non-hydrogen) atoms. The molecule has 0 fully saturated rings. The second-order valence-electron chi connectivity index (χ2n) is 6.89. The van der Waals surface area contributed by atoms with E-state index in [1.54, 1.807) is 30.3 Å².